The minimum atomic E-state index is -0.0126. The molecule has 1 aromatic heterocycles. The summed E-state index contributed by atoms with van der Waals surface area (Å²) in [6, 6.07) is 7.78. The lowest BCUT2D eigenvalue weighted by atomic mass is 9.95. The van der Waals surface area contributed by atoms with Gasteiger partial charge in [0, 0.05) is 13.1 Å². The van der Waals surface area contributed by atoms with E-state index in [0.29, 0.717) is 6.04 Å². The highest BCUT2D eigenvalue weighted by Gasteiger charge is 2.31. The number of morpholine rings is 1. The number of hydrogen-bond acceptors (Lipinski definition) is 6. The molecule has 2 aromatic rings. The molecule has 0 bridgehead atoms. The lowest BCUT2D eigenvalue weighted by Gasteiger charge is -2.35. The smallest absolute Gasteiger partial charge is 0.173 e. The van der Waals surface area contributed by atoms with Gasteiger partial charge in [-0.15, -0.1) is 5.10 Å². The van der Waals surface area contributed by atoms with Crippen molar-refractivity contribution < 1.29 is 9.84 Å². The van der Waals surface area contributed by atoms with Crippen molar-refractivity contribution in [3.05, 3.63) is 35.7 Å². The van der Waals surface area contributed by atoms with Gasteiger partial charge in [0.25, 0.3) is 0 Å². The SMILES string of the molecule is Oc1ccc([C@H](c2nnnn2C2CCCCC2)N2CCOCC2)cc1. The Hall–Kier alpha value is -1.99. The number of benzene rings is 1. The maximum atomic E-state index is 9.66. The Morgan fingerprint density at radius 2 is 1.76 bits per heavy atom. The third-order valence-electron chi connectivity index (χ3n) is 5.30. The van der Waals surface area contributed by atoms with Gasteiger partial charge >= 0.3 is 0 Å². The van der Waals surface area contributed by atoms with E-state index >= 15 is 0 Å². The van der Waals surface area contributed by atoms with E-state index in [2.05, 4.69) is 20.4 Å². The summed E-state index contributed by atoms with van der Waals surface area (Å²) in [5.74, 6) is 1.18. The Bertz CT molecular complexity index is 675. The minimum absolute atomic E-state index is 0.0126. The van der Waals surface area contributed by atoms with Crippen LogP contribution in [0.5, 0.6) is 5.75 Å². The molecule has 2 heterocycles. The van der Waals surface area contributed by atoms with E-state index in [0.717, 1.165) is 50.5 Å². The Kier molecular flexibility index (Phi) is 4.94. The highest BCUT2D eigenvalue weighted by atomic mass is 16.5. The van der Waals surface area contributed by atoms with E-state index in [1.165, 1.54) is 19.3 Å². The molecular weight excluding hydrogens is 318 g/mol. The average Bonchev–Trinajstić information content (AvgIpc) is 3.14. The van der Waals surface area contributed by atoms with Crippen LogP contribution in [0.3, 0.4) is 0 Å². The number of phenolic OH excluding ortho intramolecular Hbond substituents is 1. The summed E-state index contributed by atoms with van der Waals surface area (Å²) in [6.45, 7) is 3.14. The highest BCUT2D eigenvalue weighted by Crippen LogP contribution is 2.33. The molecule has 1 aliphatic carbocycles. The van der Waals surface area contributed by atoms with Crippen molar-refractivity contribution in [3.63, 3.8) is 0 Å². The monoisotopic (exact) mass is 343 g/mol. The average molecular weight is 343 g/mol. The van der Waals surface area contributed by atoms with Crippen molar-refractivity contribution in [3.8, 4) is 5.75 Å². The van der Waals surface area contributed by atoms with Crippen LogP contribution in [0.15, 0.2) is 24.3 Å². The number of aromatic nitrogens is 4. The fraction of sp³-hybridized carbons (Fsp3) is 0.611. The Morgan fingerprint density at radius 3 is 2.48 bits per heavy atom. The van der Waals surface area contributed by atoms with E-state index in [9.17, 15) is 5.11 Å². The predicted molar refractivity (Wildman–Crippen MR) is 92.3 cm³/mol. The molecule has 0 unspecified atom stereocenters. The zero-order valence-electron chi connectivity index (χ0n) is 14.4. The first kappa shape index (κ1) is 16.5. The van der Waals surface area contributed by atoms with Crippen molar-refractivity contribution in [2.45, 2.75) is 44.2 Å². The van der Waals surface area contributed by atoms with Crippen LogP contribution in [-0.2, 0) is 4.74 Å². The van der Waals surface area contributed by atoms with E-state index in [4.69, 9.17) is 4.74 Å². The van der Waals surface area contributed by atoms with Crippen LogP contribution in [0.25, 0.3) is 0 Å². The molecule has 1 atom stereocenters. The van der Waals surface area contributed by atoms with Crippen molar-refractivity contribution in [1.82, 2.24) is 25.1 Å². The number of hydrogen-bond donors (Lipinski definition) is 1. The Morgan fingerprint density at radius 1 is 1.04 bits per heavy atom. The van der Waals surface area contributed by atoms with Gasteiger partial charge in [-0.1, -0.05) is 31.4 Å². The fourth-order valence-electron chi connectivity index (χ4n) is 3.98. The summed E-state index contributed by atoms with van der Waals surface area (Å²) in [5, 5.41) is 22.4. The standard InChI is InChI=1S/C18H25N5O2/c24-16-8-6-14(7-9-16)17(22-10-12-25-13-11-22)18-19-20-21-23(18)15-4-2-1-3-5-15/h6-9,15,17,24H,1-5,10-13H2/t17-/m1/s1. The van der Waals surface area contributed by atoms with Crippen molar-refractivity contribution >= 4 is 0 Å². The fourth-order valence-corrected chi connectivity index (χ4v) is 3.98. The van der Waals surface area contributed by atoms with Gasteiger partial charge in [-0.25, -0.2) is 4.68 Å². The minimum Gasteiger partial charge on any atom is -0.508 e. The molecule has 1 saturated carbocycles. The van der Waals surface area contributed by atoms with Gasteiger partial charge in [0.15, 0.2) is 5.82 Å². The third-order valence-corrected chi connectivity index (χ3v) is 5.30. The zero-order valence-corrected chi connectivity index (χ0v) is 14.4. The molecule has 1 N–H and O–H groups in total. The van der Waals surface area contributed by atoms with Crippen LogP contribution in [0.1, 0.15) is 55.6 Å². The molecule has 134 valence electrons. The lowest BCUT2D eigenvalue weighted by Crippen LogP contribution is -2.41. The molecule has 1 aromatic carbocycles. The number of ether oxygens (including phenoxy) is 1. The molecule has 0 amide bonds. The summed E-state index contributed by atoms with van der Waals surface area (Å²) in [4.78, 5) is 2.38. The van der Waals surface area contributed by atoms with Crippen molar-refractivity contribution in [2.75, 3.05) is 26.3 Å². The molecule has 0 spiro atoms. The van der Waals surface area contributed by atoms with E-state index in [1.807, 2.05) is 16.8 Å². The van der Waals surface area contributed by atoms with E-state index in [-0.39, 0.29) is 11.8 Å². The van der Waals surface area contributed by atoms with Crippen LogP contribution in [-0.4, -0.2) is 56.5 Å². The summed E-state index contributed by atoms with van der Waals surface area (Å²) in [6.07, 6.45) is 6.07. The largest absolute Gasteiger partial charge is 0.508 e. The van der Waals surface area contributed by atoms with Gasteiger partial charge in [0.05, 0.1) is 25.3 Å². The van der Waals surface area contributed by atoms with Gasteiger partial charge in [0.1, 0.15) is 5.75 Å². The van der Waals surface area contributed by atoms with Gasteiger partial charge < -0.3 is 9.84 Å². The van der Waals surface area contributed by atoms with Crippen LogP contribution >= 0.6 is 0 Å². The number of aromatic hydroxyl groups is 1. The van der Waals surface area contributed by atoms with Gasteiger partial charge in [-0.3, -0.25) is 4.90 Å². The first-order valence-corrected chi connectivity index (χ1v) is 9.21. The van der Waals surface area contributed by atoms with E-state index < -0.39 is 0 Å². The highest BCUT2D eigenvalue weighted by molar-refractivity contribution is 5.31. The summed E-state index contributed by atoms with van der Waals surface area (Å²) >= 11 is 0. The normalized spacial score (nSPS) is 21.3. The third kappa shape index (κ3) is 3.52. The van der Waals surface area contributed by atoms with Crippen LogP contribution in [0, 0.1) is 0 Å². The molecule has 7 nitrogen and oxygen atoms in total. The van der Waals surface area contributed by atoms with Crippen molar-refractivity contribution in [1.29, 1.82) is 0 Å². The second-order valence-corrected chi connectivity index (χ2v) is 6.92. The summed E-state index contributed by atoms with van der Waals surface area (Å²) in [7, 11) is 0. The zero-order chi connectivity index (χ0) is 17.1. The molecular formula is C18H25N5O2. The summed E-state index contributed by atoms with van der Waals surface area (Å²) < 4.78 is 7.58. The quantitative estimate of drug-likeness (QED) is 0.918. The first-order chi connectivity index (χ1) is 12.3. The Balaban J connectivity index is 1.70. The van der Waals surface area contributed by atoms with Gasteiger partial charge in [-0.05, 0) is 41.0 Å². The second kappa shape index (κ2) is 7.49. The first-order valence-electron chi connectivity index (χ1n) is 9.21. The van der Waals surface area contributed by atoms with Gasteiger partial charge in [0.2, 0.25) is 0 Å². The number of nitrogens with zero attached hydrogens (tertiary/aromatic N) is 5. The molecule has 7 heteroatoms. The number of phenols is 1. The number of tetrazole rings is 1. The summed E-state index contributed by atoms with van der Waals surface area (Å²) in [5.41, 5.74) is 1.10. The molecule has 2 aliphatic rings. The van der Waals surface area contributed by atoms with Crippen LogP contribution < -0.4 is 0 Å². The Labute approximate surface area is 147 Å². The second-order valence-electron chi connectivity index (χ2n) is 6.92. The van der Waals surface area contributed by atoms with Gasteiger partial charge in [-0.2, -0.15) is 0 Å². The topological polar surface area (TPSA) is 76.3 Å². The maximum absolute atomic E-state index is 9.66. The van der Waals surface area contributed by atoms with Crippen molar-refractivity contribution in [2.24, 2.45) is 0 Å². The molecule has 0 radical (unpaired) electrons. The molecule has 1 aliphatic heterocycles. The maximum Gasteiger partial charge on any atom is 0.173 e. The van der Waals surface area contributed by atoms with Crippen LogP contribution in [0.4, 0.5) is 0 Å². The molecule has 25 heavy (non-hydrogen) atoms. The number of rotatable bonds is 4. The predicted octanol–water partition coefficient (Wildman–Crippen LogP) is 2.31. The molecule has 1 saturated heterocycles. The molecule has 4 rings (SSSR count). The van der Waals surface area contributed by atoms with E-state index in [1.54, 1.807) is 12.1 Å². The lowest BCUT2D eigenvalue weighted by molar-refractivity contribution is 0.0211. The molecule has 2 fully saturated rings. The van der Waals surface area contributed by atoms with Crippen LogP contribution in [0.2, 0.25) is 0 Å².